The van der Waals surface area contributed by atoms with Gasteiger partial charge in [-0.25, -0.2) is 0 Å². The Bertz CT molecular complexity index is 494. The number of benzene rings is 1. The molecule has 1 aromatic rings. The van der Waals surface area contributed by atoms with Gasteiger partial charge in [0, 0.05) is 13.1 Å². The van der Waals surface area contributed by atoms with Crippen LogP contribution >= 0.6 is 0 Å². The van der Waals surface area contributed by atoms with Gasteiger partial charge in [0.2, 0.25) is 5.91 Å². The van der Waals surface area contributed by atoms with Crippen LogP contribution in [-0.2, 0) is 11.2 Å². The molecule has 21 heavy (non-hydrogen) atoms. The van der Waals surface area contributed by atoms with Crippen LogP contribution in [-0.4, -0.2) is 36.5 Å². The Hall–Kier alpha value is -1.81. The first kappa shape index (κ1) is 15.6. The number of hydrogen-bond donors (Lipinski definition) is 1. The normalized spacial score (nSPS) is 17.5. The first-order valence-electron chi connectivity index (χ1n) is 7.49. The van der Waals surface area contributed by atoms with Crippen LogP contribution < -0.4 is 10.5 Å². The van der Waals surface area contributed by atoms with Crippen LogP contribution in [0.4, 0.5) is 0 Å². The summed E-state index contributed by atoms with van der Waals surface area (Å²) in [5.74, 6) is 1.41. The van der Waals surface area contributed by atoms with E-state index in [2.05, 4.69) is 26.0 Å². The van der Waals surface area contributed by atoms with E-state index in [0.29, 0.717) is 25.5 Å². The van der Waals surface area contributed by atoms with Crippen molar-refractivity contribution in [2.45, 2.75) is 26.3 Å². The predicted molar refractivity (Wildman–Crippen MR) is 84.2 cm³/mol. The van der Waals surface area contributed by atoms with Crippen molar-refractivity contribution in [1.82, 2.24) is 4.90 Å². The van der Waals surface area contributed by atoms with Crippen LogP contribution in [0.3, 0.4) is 0 Å². The third kappa shape index (κ3) is 4.08. The Morgan fingerprint density at radius 2 is 2.10 bits per heavy atom. The second-order valence-corrected chi connectivity index (χ2v) is 5.67. The van der Waals surface area contributed by atoms with Crippen molar-refractivity contribution in [3.8, 4) is 5.75 Å². The van der Waals surface area contributed by atoms with Gasteiger partial charge in [-0.1, -0.05) is 38.1 Å². The molecule has 0 aliphatic carbocycles. The molecule has 0 saturated carbocycles. The number of amides is 1. The van der Waals surface area contributed by atoms with E-state index in [1.165, 1.54) is 0 Å². The van der Waals surface area contributed by atoms with E-state index in [1.54, 1.807) is 0 Å². The quantitative estimate of drug-likeness (QED) is 0.814. The fourth-order valence-corrected chi connectivity index (χ4v) is 2.55. The minimum atomic E-state index is 0.175. The topological polar surface area (TPSA) is 55.6 Å². The molecule has 1 unspecified atom stereocenters. The maximum Gasteiger partial charge on any atom is 0.227 e. The molecule has 1 aromatic carbocycles. The number of carbonyl (C=O) groups excluding carboxylic acids is 1. The van der Waals surface area contributed by atoms with E-state index < -0.39 is 0 Å². The summed E-state index contributed by atoms with van der Waals surface area (Å²) in [5.41, 5.74) is 6.41. The van der Waals surface area contributed by atoms with E-state index >= 15 is 0 Å². The molecule has 0 aromatic heterocycles. The van der Waals surface area contributed by atoms with Crippen LogP contribution in [0.5, 0.6) is 5.75 Å². The van der Waals surface area contributed by atoms with Gasteiger partial charge < -0.3 is 15.4 Å². The highest BCUT2D eigenvalue weighted by atomic mass is 16.5. The Labute approximate surface area is 126 Å². The summed E-state index contributed by atoms with van der Waals surface area (Å²) >= 11 is 0. The van der Waals surface area contributed by atoms with Crippen molar-refractivity contribution in [1.29, 1.82) is 0 Å². The van der Waals surface area contributed by atoms with Crippen LogP contribution in [0.1, 0.15) is 19.4 Å². The summed E-state index contributed by atoms with van der Waals surface area (Å²) in [6, 6.07) is 7.89. The van der Waals surface area contributed by atoms with Gasteiger partial charge in [-0.3, -0.25) is 4.79 Å². The van der Waals surface area contributed by atoms with Gasteiger partial charge in [0.05, 0.1) is 12.5 Å². The molecule has 2 rings (SSSR count). The lowest BCUT2D eigenvalue weighted by Crippen LogP contribution is -2.39. The van der Waals surface area contributed by atoms with Crippen molar-refractivity contribution >= 4 is 5.91 Å². The number of nitrogens with zero attached hydrogens (tertiary/aromatic N) is 1. The molecule has 1 heterocycles. The third-order valence-electron chi connectivity index (χ3n) is 3.66. The molecule has 0 radical (unpaired) electrons. The smallest absolute Gasteiger partial charge is 0.227 e. The summed E-state index contributed by atoms with van der Waals surface area (Å²) < 4.78 is 5.43. The SMILES string of the molecule is CC(C)C1C=CCN1C(=O)Cc1ccc(OCCN)cc1. The number of hydrogen-bond acceptors (Lipinski definition) is 3. The Kier molecular flexibility index (Phi) is 5.39. The fraction of sp³-hybridized carbons (Fsp3) is 0.471. The molecular weight excluding hydrogens is 264 g/mol. The molecule has 0 bridgehead atoms. The molecule has 1 aliphatic rings. The summed E-state index contributed by atoms with van der Waals surface area (Å²) in [6.07, 6.45) is 4.64. The third-order valence-corrected chi connectivity index (χ3v) is 3.66. The molecule has 0 spiro atoms. The van der Waals surface area contributed by atoms with Crippen LogP contribution in [0, 0.1) is 5.92 Å². The van der Waals surface area contributed by atoms with Gasteiger partial charge in [0.1, 0.15) is 12.4 Å². The average molecular weight is 288 g/mol. The van der Waals surface area contributed by atoms with E-state index in [-0.39, 0.29) is 11.9 Å². The van der Waals surface area contributed by atoms with E-state index in [4.69, 9.17) is 10.5 Å². The van der Waals surface area contributed by atoms with Crippen molar-refractivity contribution in [2.24, 2.45) is 11.7 Å². The van der Waals surface area contributed by atoms with Crippen LogP contribution in [0.2, 0.25) is 0 Å². The monoisotopic (exact) mass is 288 g/mol. The Balaban J connectivity index is 1.93. The zero-order valence-corrected chi connectivity index (χ0v) is 12.8. The number of carbonyl (C=O) groups is 1. The molecular formula is C17H24N2O2. The molecule has 0 fully saturated rings. The second kappa shape index (κ2) is 7.27. The largest absolute Gasteiger partial charge is 0.492 e. The maximum absolute atomic E-state index is 12.4. The van der Waals surface area contributed by atoms with Crippen LogP contribution in [0.25, 0.3) is 0 Å². The lowest BCUT2D eigenvalue weighted by atomic mass is 10.0. The van der Waals surface area contributed by atoms with Gasteiger partial charge >= 0.3 is 0 Å². The minimum absolute atomic E-state index is 0.175. The highest BCUT2D eigenvalue weighted by Crippen LogP contribution is 2.20. The molecule has 2 N–H and O–H groups in total. The van der Waals surface area contributed by atoms with Crippen LogP contribution in [0.15, 0.2) is 36.4 Å². The highest BCUT2D eigenvalue weighted by Gasteiger charge is 2.26. The molecule has 4 nitrogen and oxygen atoms in total. The van der Waals surface area contributed by atoms with Gasteiger partial charge in [-0.15, -0.1) is 0 Å². The fourth-order valence-electron chi connectivity index (χ4n) is 2.55. The first-order valence-corrected chi connectivity index (χ1v) is 7.49. The zero-order valence-electron chi connectivity index (χ0n) is 12.8. The average Bonchev–Trinajstić information content (AvgIpc) is 2.96. The minimum Gasteiger partial charge on any atom is -0.492 e. The van der Waals surface area contributed by atoms with Crippen molar-refractivity contribution in [3.05, 3.63) is 42.0 Å². The Morgan fingerprint density at radius 1 is 1.38 bits per heavy atom. The summed E-state index contributed by atoms with van der Waals surface area (Å²) in [4.78, 5) is 14.4. The number of rotatable bonds is 6. The Morgan fingerprint density at radius 3 is 2.71 bits per heavy atom. The lowest BCUT2D eigenvalue weighted by molar-refractivity contribution is -0.131. The lowest BCUT2D eigenvalue weighted by Gasteiger charge is -2.27. The molecule has 1 aliphatic heterocycles. The first-order chi connectivity index (χ1) is 10.1. The summed E-state index contributed by atoms with van der Waals surface area (Å²) in [5, 5.41) is 0. The molecule has 1 atom stereocenters. The van der Waals surface area contributed by atoms with E-state index in [9.17, 15) is 4.79 Å². The van der Waals surface area contributed by atoms with E-state index in [1.807, 2.05) is 29.2 Å². The molecule has 0 saturated heterocycles. The second-order valence-electron chi connectivity index (χ2n) is 5.67. The predicted octanol–water partition coefficient (Wildman–Crippen LogP) is 1.99. The van der Waals surface area contributed by atoms with Crippen molar-refractivity contribution in [2.75, 3.05) is 19.7 Å². The number of ether oxygens (including phenoxy) is 1. The molecule has 114 valence electrons. The highest BCUT2D eigenvalue weighted by molar-refractivity contribution is 5.80. The van der Waals surface area contributed by atoms with Gasteiger partial charge in [-0.05, 0) is 23.6 Å². The zero-order chi connectivity index (χ0) is 15.2. The van der Waals surface area contributed by atoms with Gasteiger partial charge in [-0.2, -0.15) is 0 Å². The van der Waals surface area contributed by atoms with Gasteiger partial charge in [0.25, 0.3) is 0 Å². The number of nitrogens with two attached hydrogens (primary N) is 1. The molecule has 4 heteroatoms. The van der Waals surface area contributed by atoms with Crippen molar-refractivity contribution < 1.29 is 9.53 Å². The van der Waals surface area contributed by atoms with Gasteiger partial charge in [0.15, 0.2) is 0 Å². The summed E-state index contributed by atoms with van der Waals surface area (Å²) in [7, 11) is 0. The summed E-state index contributed by atoms with van der Waals surface area (Å²) in [6.45, 7) is 6.01. The van der Waals surface area contributed by atoms with Crippen molar-refractivity contribution in [3.63, 3.8) is 0 Å². The standard InChI is InChI=1S/C17H24N2O2/c1-13(2)16-4-3-10-19(16)17(20)12-14-5-7-15(8-6-14)21-11-9-18/h3-8,13,16H,9-12,18H2,1-2H3. The van der Waals surface area contributed by atoms with E-state index in [0.717, 1.165) is 17.9 Å². The maximum atomic E-state index is 12.4. The molecule has 1 amide bonds.